The number of hydrogen-bond donors (Lipinski definition) is 0. The molecule has 0 saturated heterocycles. The van der Waals surface area contributed by atoms with Crippen molar-refractivity contribution in [3.63, 3.8) is 0 Å². The Morgan fingerprint density at radius 2 is 1.36 bits per heavy atom. The minimum Gasteiger partial charge on any atom is -0.465 e. The van der Waals surface area contributed by atoms with E-state index in [0.29, 0.717) is 21.7 Å². The van der Waals surface area contributed by atoms with Gasteiger partial charge in [-0.15, -0.1) is 0 Å². The van der Waals surface area contributed by atoms with Gasteiger partial charge in [-0.05, 0) is 47.9 Å². The van der Waals surface area contributed by atoms with Crippen molar-refractivity contribution in [3.8, 4) is 22.3 Å². The Hall–Kier alpha value is -3.11. The molecule has 0 unspecified atom stereocenters. The number of esters is 2. The zero-order valence-corrected chi connectivity index (χ0v) is 16.5. The zero-order valence-electron chi connectivity index (χ0n) is 15.8. The van der Waals surface area contributed by atoms with Crippen LogP contribution in [-0.2, 0) is 9.47 Å². The highest BCUT2D eigenvalue weighted by Gasteiger charge is 2.23. The summed E-state index contributed by atoms with van der Waals surface area (Å²) < 4.78 is 9.89. The van der Waals surface area contributed by atoms with Gasteiger partial charge >= 0.3 is 11.9 Å². The monoisotopic (exact) mass is 394 g/mol. The molecule has 5 heteroatoms. The molecule has 142 valence electrons. The molecule has 0 aliphatic carbocycles. The molecule has 0 fully saturated rings. The second kappa shape index (κ2) is 8.28. The first-order valence-electron chi connectivity index (χ1n) is 8.63. The van der Waals surface area contributed by atoms with E-state index in [2.05, 4.69) is 0 Å². The topological polar surface area (TPSA) is 52.6 Å². The molecule has 28 heavy (non-hydrogen) atoms. The summed E-state index contributed by atoms with van der Waals surface area (Å²) in [5.41, 5.74) is 4.27. The summed E-state index contributed by atoms with van der Waals surface area (Å²) in [5.74, 6) is -1.09. The molecule has 0 spiro atoms. The standard InChI is InChI=1S/C23H19ClO4/c1-14-9-10-21(24)18(11-14)17-12-16(15-7-5-4-6-8-15)19(22(25)27-2)13-20(17)23(26)28-3/h4-13H,1-3H3. The summed E-state index contributed by atoms with van der Waals surface area (Å²) in [6, 6.07) is 18.3. The Bertz CT molecular complexity index is 1040. The van der Waals surface area contributed by atoms with Crippen molar-refractivity contribution < 1.29 is 19.1 Å². The summed E-state index contributed by atoms with van der Waals surface area (Å²) in [7, 11) is 2.60. The average Bonchev–Trinajstić information content (AvgIpc) is 2.74. The van der Waals surface area contributed by atoms with Gasteiger partial charge in [-0.3, -0.25) is 0 Å². The Labute approximate surface area is 168 Å². The van der Waals surface area contributed by atoms with E-state index in [0.717, 1.165) is 11.1 Å². The third kappa shape index (κ3) is 3.78. The normalized spacial score (nSPS) is 10.4. The van der Waals surface area contributed by atoms with Crippen LogP contribution in [0.4, 0.5) is 0 Å². The molecule has 0 amide bonds. The molecule has 0 bridgehead atoms. The highest BCUT2D eigenvalue weighted by molar-refractivity contribution is 6.33. The fourth-order valence-electron chi connectivity index (χ4n) is 3.08. The number of benzene rings is 3. The maximum absolute atomic E-state index is 12.5. The molecule has 0 N–H and O–H groups in total. The van der Waals surface area contributed by atoms with Crippen LogP contribution in [0.25, 0.3) is 22.3 Å². The van der Waals surface area contributed by atoms with E-state index < -0.39 is 11.9 Å². The smallest absolute Gasteiger partial charge is 0.338 e. The summed E-state index contributed by atoms with van der Waals surface area (Å²) in [6.45, 7) is 1.94. The fraction of sp³-hybridized carbons (Fsp3) is 0.130. The zero-order chi connectivity index (χ0) is 20.3. The molecule has 3 aromatic rings. The van der Waals surface area contributed by atoms with Crippen LogP contribution in [0.15, 0.2) is 60.7 Å². The van der Waals surface area contributed by atoms with E-state index in [1.165, 1.54) is 20.3 Å². The van der Waals surface area contributed by atoms with Crippen molar-refractivity contribution in [1.82, 2.24) is 0 Å². The van der Waals surface area contributed by atoms with Gasteiger partial charge in [-0.1, -0.05) is 53.6 Å². The Morgan fingerprint density at radius 3 is 1.96 bits per heavy atom. The van der Waals surface area contributed by atoms with Crippen molar-refractivity contribution in [3.05, 3.63) is 82.4 Å². The first-order chi connectivity index (χ1) is 13.5. The van der Waals surface area contributed by atoms with E-state index in [9.17, 15) is 9.59 Å². The molecule has 3 aromatic carbocycles. The maximum atomic E-state index is 12.5. The summed E-state index contributed by atoms with van der Waals surface area (Å²) in [4.78, 5) is 24.9. The van der Waals surface area contributed by atoms with Crippen LogP contribution in [0.2, 0.25) is 5.02 Å². The first kappa shape index (κ1) is 19.6. The molecular formula is C23H19ClO4. The number of rotatable bonds is 4. The molecule has 0 aliphatic rings. The lowest BCUT2D eigenvalue weighted by Crippen LogP contribution is -2.10. The van der Waals surface area contributed by atoms with Gasteiger partial charge in [-0.25, -0.2) is 9.59 Å². The molecule has 0 aromatic heterocycles. The summed E-state index contributed by atoms with van der Waals surface area (Å²) in [6.07, 6.45) is 0. The lowest BCUT2D eigenvalue weighted by Gasteiger charge is -2.16. The molecule has 4 nitrogen and oxygen atoms in total. The van der Waals surface area contributed by atoms with Gasteiger partial charge in [0.15, 0.2) is 0 Å². The van der Waals surface area contributed by atoms with Gasteiger partial charge < -0.3 is 9.47 Å². The van der Waals surface area contributed by atoms with E-state index in [1.54, 1.807) is 12.1 Å². The Morgan fingerprint density at radius 1 is 0.750 bits per heavy atom. The highest BCUT2D eigenvalue weighted by Crippen LogP contribution is 2.37. The second-order valence-electron chi connectivity index (χ2n) is 6.28. The van der Waals surface area contributed by atoms with Crippen LogP contribution < -0.4 is 0 Å². The van der Waals surface area contributed by atoms with Crippen molar-refractivity contribution in [1.29, 1.82) is 0 Å². The third-order valence-corrected chi connectivity index (χ3v) is 4.79. The third-order valence-electron chi connectivity index (χ3n) is 4.47. The van der Waals surface area contributed by atoms with Crippen LogP contribution in [0, 0.1) is 6.92 Å². The van der Waals surface area contributed by atoms with Gasteiger partial charge in [0.25, 0.3) is 0 Å². The number of ether oxygens (including phenoxy) is 2. The number of carbonyl (C=O) groups excluding carboxylic acids is 2. The van der Waals surface area contributed by atoms with Crippen LogP contribution in [0.5, 0.6) is 0 Å². The Kier molecular flexibility index (Phi) is 5.81. The number of hydrogen-bond acceptors (Lipinski definition) is 4. The molecular weight excluding hydrogens is 376 g/mol. The lowest BCUT2D eigenvalue weighted by atomic mass is 9.90. The van der Waals surface area contributed by atoms with Crippen LogP contribution in [-0.4, -0.2) is 26.2 Å². The summed E-state index contributed by atoms with van der Waals surface area (Å²) in [5, 5.41) is 0.501. The van der Waals surface area contributed by atoms with Crippen molar-refractivity contribution in [2.24, 2.45) is 0 Å². The Balaban J connectivity index is 2.39. The number of methoxy groups -OCH3 is 2. The predicted molar refractivity (Wildman–Crippen MR) is 110 cm³/mol. The van der Waals surface area contributed by atoms with Gasteiger partial charge in [0.05, 0.1) is 25.3 Å². The van der Waals surface area contributed by atoms with E-state index in [-0.39, 0.29) is 11.1 Å². The largest absolute Gasteiger partial charge is 0.465 e. The van der Waals surface area contributed by atoms with E-state index in [4.69, 9.17) is 21.1 Å². The second-order valence-corrected chi connectivity index (χ2v) is 6.68. The number of aryl methyl sites for hydroxylation is 1. The van der Waals surface area contributed by atoms with Gasteiger partial charge in [0, 0.05) is 10.6 Å². The predicted octanol–water partition coefficient (Wildman–Crippen LogP) is 5.56. The lowest BCUT2D eigenvalue weighted by molar-refractivity contribution is 0.0600. The van der Waals surface area contributed by atoms with Gasteiger partial charge in [-0.2, -0.15) is 0 Å². The minimum atomic E-state index is -0.558. The van der Waals surface area contributed by atoms with Gasteiger partial charge in [0.2, 0.25) is 0 Å². The maximum Gasteiger partial charge on any atom is 0.338 e. The van der Waals surface area contributed by atoms with Crippen molar-refractivity contribution >= 4 is 23.5 Å². The van der Waals surface area contributed by atoms with Crippen molar-refractivity contribution in [2.75, 3.05) is 14.2 Å². The summed E-state index contributed by atoms with van der Waals surface area (Å²) >= 11 is 6.43. The number of halogens is 1. The molecule has 0 heterocycles. The van der Waals surface area contributed by atoms with Crippen LogP contribution in [0.1, 0.15) is 26.3 Å². The SMILES string of the molecule is COC(=O)c1cc(C(=O)OC)c(-c2cc(C)ccc2Cl)cc1-c1ccccc1. The number of carbonyl (C=O) groups is 2. The first-order valence-corrected chi connectivity index (χ1v) is 9.00. The molecule has 0 atom stereocenters. The minimum absolute atomic E-state index is 0.245. The van der Waals surface area contributed by atoms with Crippen LogP contribution >= 0.6 is 11.6 Å². The molecule has 0 radical (unpaired) electrons. The highest BCUT2D eigenvalue weighted by atomic mass is 35.5. The fourth-order valence-corrected chi connectivity index (χ4v) is 3.30. The van der Waals surface area contributed by atoms with Gasteiger partial charge in [0.1, 0.15) is 0 Å². The van der Waals surface area contributed by atoms with E-state index >= 15 is 0 Å². The molecule has 0 saturated carbocycles. The molecule has 3 rings (SSSR count). The quantitative estimate of drug-likeness (QED) is 0.544. The molecule has 0 aliphatic heterocycles. The van der Waals surface area contributed by atoms with E-state index in [1.807, 2.05) is 49.4 Å². The van der Waals surface area contributed by atoms with Crippen molar-refractivity contribution in [2.45, 2.75) is 6.92 Å². The van der Waals surface area contributed by atoms with Crippen LogP contribution in [0.3, 0.4) is 0 Å². The average molecular weight is 395 g/mol.